The Morgan fingerprint density at radius 3 is 1.19 bits per heavy atom. The molecule has 116 valence electrons. The van der Waals surface area contributed by atoms with Gasteiger partial charge in [-0.15, -0.1) is 81.2 Å². The van der Waals surface area contributed by atoms with Crippen LogP contribution in [0.25, 0.3) is 0 Å². The molecule has 1 N–H and O–H groups in total. The first-order chi connectivity index (χ1) is 9.19. The second kappa shape index (κ2) is 2.81. The van der Waals surface area contributed by atoms with Gasteiger partial charge in [-0.2, -0.15) is 0 Å². The lowest BCUT2D eigenvalue weighted by Crippen LogP contribution is -3.26. The predicted octanol–water partition coefficient (Wildman–Crippen LogP) is 4.14. The largest absolute Gasteiger partial charge is 0.481 e. The van der Waals surface area contributed by atoms with E-state index >= 15 is 0 Å². The molecular formula is C10HCl9O2. The summed E-state index contributed by atoms with van der Waals surface area (Å²) in [4.78, 5) is -0.356. The number of carboxylic acids is 1. The molecule has 0 spiro atoms. The zero-order chi connectivity index (χ0) is 16.1. The van der Waals surface area contributed by atoms with E-state index < -0.39 is 49.8 Å². The molecule has 8 atom stereocenters. The number of rotatable bonds is 1. The second-order valence-electron chi connectivity index (χ2n) is 6.24. The van der Waals surface area contributed by atoms with E-state index in [4.69, 9.17) is 104 Å². The van der Waals surface area contributed by atoms with Gasteiger partial charge in [0.2, 0.25) is 0 Å². The van der Waals surface area contributed by atoms with Crippen molar-refractivity contribution in [3.05, 3.63) is 0 Å². The number of hydrogen-bond donors (Lipinski definition) is 1. The molecule has 2 nitrogen and oxygen atoms in total. The van der Waals surface area contributed by atoms with Crippen molar-refractivity contribution in [3.8, 4) is 0 Å². The monoisotopic (exact) mass is 468 g/mol. The van der Waals surface area contributed by atoms with Crippen molar-refractivity contribution in [2.75, 3.05) is 0 Å². The van der Waals surface area contributed by atoms with Crippen LogP contribution in [-0.4, -0.2) is 49.5 Å². The van der Waals surface area contributed by atoms with Crippen LogP contribution in [0.2, 0.25) is 0 Å². The lowest BCUT2D eigenvalue weighted by molar-refractivity contribution is -0.331. The average molecular weight is 472 g/mol. The van der Waals surface area contributed by atoms with E-state index in [2.05, 4.69) is 0 Å². The number of halogens is 9. The van der Waals surface area contributed by atoms with Crippen molar-refractivity contribution >= 4 is 110 Å². The molecule has 6 rings (SSSR count). The summed E-state index contributed by atoms with van der Waals surface area (Å²) in [6.45, 7) is 0. The molecule has 2 bridgehead atoms. The molecule has 21 heavy (non-hydrogen) atoms. The molecule has 0 amide bonds. The average Bonchev–Trinajstić information content (AvgIpc) is 2.44. The van der Waals surface area contributed by atoms with Gasteiger partial charge in [-0.25, -0.2) is 0 Å². The van der Waals surface area contributed by atoms with Gasteiger partial charge in [-0.1, -0.05) is 23.2 Å². The summed E-state index contributed by atoms with van der Waals surface area (Å²) in [5.74, 6) is -1.35. The van der Waals surface area contributed by atoms with Gasteiger partial charge in [0.25, 0.3) is 0 Å². The number of carbonyl (C=O) groups is 1. The molecule has 6 aliphatic rings. The van der Waals surface area contributed by atoms with Crippen molar-refractivity contribution in [2.24, 2.45) is 5.41 Å². The normalized spacial score (nSPS) is 80.0. The van der Waals surface area contributed by atoms with Crippen molar-refractivity contribution in [2.45, 2.75) is 38.5 Å². The summed E-state index contributed by atoms with van der Waals surface area (Å²) >= 11 is 58.7. The van der Waals surface area contributed by atoms with Gasteiger partial charge in [0.1, 0.15) is 39.5 Å². The Hall–Kier alpha value is 2.08. The van der Waals surface area contributed by atoms with Crippen LogP contribution in [0.5, 0.6) is 0 Å². The molecule has 0 radical (unpaired) electrons. The van der Waals surface area contributed by atoms with Crippen molar-refractivity contribution in [3.63, 3.8) is 0 Å². The topological polar surface area (TPSA) is 37.3 Å². The fourth-order valence-corrected chi connectivity index (χ4v) is 14.3. The fourth-order valence-electron chi connectivity index (χ4n) is 6.17. The minimum atomic E-state index is -1.95. The van der Waals surface area contributed by atoms with E-state index in [1.54, 1.807) is 0 Å². The number of hydrogen-bond acceptors (Lipinski definition) is 1. The maximum Gasteiger partial charge on any atom is 0.315 e. The van der Waals surface area contributed by atoms with E-state index in [1.807, 2.05) is 0 Å². The van der Waals surface area contributed by atoms with Crippen LogP contribution in [-0.2, 0) is 4.79 Å². The van der Waals surface area contributed by atoms with Crippen LogP contribution in [0, 0.1) is 5.41 Å². The van der Waals surface area contributed by atoms with E-state index in [9.17, 15) is 9.90 Å². The van der Waals surface area contributed by atoms with Gasteiger partial charge in [-0.05, 0) is 0 Å². The Morgan fingerprint density at radius 1 is 0.571 bits per heavy atom. The van der Waals surface area contributed by atoms with Gasteiger partial charge in [0.15, 0.2) is 4.33 Å². The van der Waals surface area contributed by atoms with Gasteiger partial charge >= 0.3 is 5.97 Å². The Labute approximate surface area is 163 Å². The molecular weight excluding hydrogens is 471 g/mol. The summed E-state index contributed by atoms with van der Waals surface area (Å²) in [5.41, 5.74) is -1.85. The zero-order valence-electron chi connectivity index (χ0n) is 9.26. The maximum absolute atomic E-state index is 11.9. The number of aliphatic carboxylic acids is 1. The maximum atomic E-state index is 11.9. The van der Waals surface area contributed by atoms with E-state index in [0.29, 0.717) is 0 Å². The molecule has 6 aliphatic carbocycles. The molecule has 11 heteroatoms. The smallest absolute Gasteiger partial charge is 0.315 e. The van der Waals surface area contributed by atoms with Crippen molar-refractivity contribution < 1.29 is 9.90 Å². The Kier molecular flexibility index (Phi) is 2.05. The SMILES string of the molecule is O=C(O)C12C3(Cl)[C@@]4(Cl)C5(Cl)C(Cl)(Cl)C(Cl)([C@@]14Cl)[C@@]2(Cl)[C@@]53Cl. The highest BCUT2D eigenvalue weighted by Gasteiger charge is 3.37. The zero-order valence-corrected chi connectivity index (χ0v) is 16.1. The van der Waals surface area contributed by atoms with Crippen LogP contribution in [0.3, 0.4) is 0 Å². The first kappa shape index (κ1) is 15.3. The number of alkyl halides is 9. The first-order valence-electron chi connectivity index (χ1n) is 5.63. The van der Waals surface area contributed by atoms with Crippen LogP contribution >= 0.6 is 104 Å². The highest BCUT2D eigenvalue weighted by Crippen LogP contribution is 3.18. The summed E-state index contributed by atoms with van der Waals surface area (Å²) in [5, 5.41) is 9.72. The van der Waals surface area contributed by atoms with Gasteiger partial charge in [0, 0.05) is 0 Å². The molecule has 0 aromatic heterocycles. The fraction of sp³-hybridized carbons (Fsp3) is 0.900. The van der Waals surface area contributed by atoms with E-state index in [0.717, 1.165) is 0 Å². The molecule has 6 saturated carbocycles. The predicted molar refractivity (Wildman–Crippen MR) is 84.6 cm³/mol. The minimum absolute atomic E-state index is 1.35. The Bertz CT molecular complexity index is 689. The standard InChI is InChI=1S/C10HCl9O2/c11-3-2(1(20)21)4(12)6(3,14)9(17)7(3,15)5(2,13)8(4,16)10(9,18)19/h(H,20,21)/t2?,3?,4-,5+,6+,7-,8?,9?. The van der Waals surface area contributed by atoms with Crippen LogP contribution in [0.4, 0.5) is 0 Å². The molecule has 0 saturated heterocycles. The molecule has 0 aromatic rings. The summed E-state index contributed by atoms with van der Waals surface area (Å²) < 4.78 is -1.95. The van der Waals surface area contributed by atoms with E-state index in [-0.39, 0.29) is 0 Å². The molecule has 4 unspecified atom stereocenters. The summed E-state index contributed by atoms with van der Waals surface area (Å²) in [6, 6.07) is 0. The lowest BCUT2D eigenvalue weighted by atomic mass is 9.10. The summed E-state index contributed by atoms with van der Waals surface area (Å²) in [6.07, 6.45) is 0. The van der Waals surface area contributed by atoms with Gasteiger partial charge in [-0.3, -0.25) is 4.79 Å². The third kappa shape index (κ3) is 0.569. The molecule has 0 aromatic carbocycles. The highest BCUT2D eigenvalue weighted by molar-refractivity contribution is 6.79. The summed E-state index contributed by atoms with van der Waals surface area (Å²) in [7, 11) is 0. The lowest BCUT2D eigenvalue weighted by Gasteiger charge is -3.04. The third-order valence-electron chi connectivity index (χ3n) is 6.53. The first-order valence-corrected chi connectivity index (χ1v) is 9.03. The van der Waals surface area contributed by atoms with Crippen LogP contribution in [0.15, 0.2) is 0 Å². The minimum Gasteiger partial charge on any atom is -0.481 e. The highest BCUT2D eigenvalue weighted by atomic mass is 35.5. The van der Waals surface area contributed by atoms with Crippen LogP contribution < -0.4 is 0 Å². The molecule has 0 aliphatic heterocycles. The molecule has 0 heterocycles. The Morgan fingerprint density at radius 2 is 0.857 bits per heavy atom. The van der Waals surface area contributed by atoms with Gasteiger partial charge in [0.05, 0.1) is 0 Å². The van der Waals surface area contributed by atoms with Crippen molar-refractivity contribution in [1.82, 2.24) is 0 Å². The van der Waals surface area contributed by atoms with Crippen LogP contribution in [0.1, 0.15) is 0 Å². The Balaban J connectivity index is 2.01. The molecule has 6 fully saturated rings. The van der Waals surface area contributed by atoms with Gasteiger partial charge < -0.3 is 5.11 Å². The number of carboxylic acid groups (broad SMARTS) is 1. The van der Waals surface area contributed by atoms with Crippen molar-refractivity contribution in [1.29, 1.82) is 0 Å². The third-order valence-corrected chi connectivity index (χ3v) is 14.8. The quantitative estimate of drug-likeness (QED) is 0.583. The second-order valence-corrected chi connectivity index (χ2v) is 11.5. The van der Waals surface area contributed by atoms with E-state index in [1.165, 1.54) is 0 Å².